The average Bonchev–Trinajstić information content (AvgIpc) is 2.55. The van der Waals surface area contributed by atoms with Crippen molar-refractivity contribution in [1.29, 1.82) is 0 Å². The Kier molecular flexibility index (Phi) is 5.38. The molecule has 0 aliphatic rings. The van der Waals surface area contributed by atoms with Crippen molar-refractivity contribution >= 4 is 23.7 Å². The maximum atomic E-state index is 12.1. The first kappa shape index (κ1) is 15.9. The lowest BCUT2D eigenvalue weighted by molar-refractivity contribution is 0.0952. The van der Waals surface area contributed by atoms with Gasteiger partial charge < -0.3 is 9.47 Å². The molecule has 0 aliphatic heterocycles. The lowest BCUT2D eigenvalue weighted by Crippen LogP contribution is -2.18. The summed E-state index contributed by atoms with van der Waals surface area (Å²) in [6, 6.07) is 12.1. The largest absolute Gasteiger partial charge is 0.497 e. The smallest absolute Gasteiger partial charge is 0.275 e. The number of halogens is 1. The van der Waals surface area contributed by atoms with Crippen LogP contribution in [-0.2, 0) is 0 Å². The zero-order valence-electron chi connectivity index (χ0n) is 12.2. The minimum absolute atomic E-state index is 0.321. The van der Waals surface area contributed by atoms with E-state index < -0.39 is 5.91 Å². The van der Waals surface area contributed by atoms with Crippen molar-refractivity contribution in [3.63, 3.8) is 0 Å². The molecule has 0 atom stereocenters. The first-order valence-corrected chi connectivity index (χ1v) is 6.83. The fourth-order valence-corrected chi connectivity index (χ4v) is 1.95. The van der Waals surface area contributed by atoms with Crippen LogP contribution < -0.4 is 14.9 Å². The molecule has 114 valence electrons. The molecule has 1 amide bonds. The molecular formula is C16H15ClN2O3. The predicted octanol–water partition coefficient (Wildman–Crippen LogP) is 3.12. The Morgan fingerprint density at radius 2 is 1.86 bits per heavy atom. The molecule has 2 aromatic rings. The fourth-order valence-electron chi connectivity index (χ4n) is 1.77. The van der Waals surface area contributed by atoms with Crippen LogP contribution in [0.25, 0.3) is 0 Å². The third kappa shape index (κ3) is 3.99. The van der Waals surface area contributed by atoms with Crippen LogP contribution in [0.1, 0.15) is 15.9 Å². The quantitative estimate of drug-likeness (QED) is 0.680. The van der Waals surface area contributed by atoms with E-state index in [0.29, 0.717) is 16.3 Å². The Balaban J connectivity index is 2.05. The van der Waals surface area contributed by atoms with Gasteiger partial charge in [-0.3, -0.25) is 4.79 Å². The minimum atomic E-state index is -0.399. The number of hydrogen-bond donors (Lipinski definition) is 1. The second kappa shape index (κ2) is 7.47. The molecule has 2 rings (SSSR count). The summed E-state index contributed by atoms with van der Waals surface area (Å²) in [7, 11) is 3.09. The number of carbonyl (C=O) groups excluding carboxylic acids is 1. The van der Waals surface area contributed by atoms with E-state index in [2.05, 4.69) is 10.5 Å². The molecule has 6 heteroatoms. The van der Waals surface area contributed by atoms with E-state index in [1.165, 1.54) is 19.4 Å². The van der Waals surface area contributed by atoms with Crippen LogP contribution in [0.5, 0.6) is 11.5 Å². The standard InChI is InChI=1S/C16H15ClN2O3/c1-21-13-6-3-11(4-7-13)10-18-19-16(20)14-9-12(17)5-8-15(14)22-2/h3-10H,1-2H3,(H,19,20)/b18-10-. The van der Waals surface area contributed by atoms with Crippen molar-refractivity contribution < 1.29 is 14.3 Å². The number of methoxy groups -OCH3 is 2. The highest BCUT2D eigenvalue weighted by atomic mass is 35.5. The maximum absolute atomic E-state index is 12.1. The zero-order chi connectivity index (χ0) is 15.9. The van der Waals surface area contributed by atoms with Crippen LogP contribution in [0.2, 0.25) is 5.02 Å². The molecule has 0 saturated heterocycles. The topological polar surface area (TPSA) is 59.9 Å². The Bertz CT molecular complexity index is 684. The summed E-state index contributed by atoms with van der Waals surface area (Å²) in [5, 5.41) is 4.36. The third-order valence-electron chi connectivity index (χ3n) is 2.90. The first-order valence-electron chi connectivity index (χ1n) is 6.45. The Hall–Kier alpha value is -2.53. The number of nitrogens with one attached hydrogen (secondary N) is 1. The minimum Gasteiger partial charge on any atom is -0.497 e. The van der Waals surface area contributed by atoms with Crippen LogP contribution in [0.3, 0.4) is 0 Å². The van der Waals surface area contributed by atoms with E-state index in [-0.39, 0.29) is 0 Å². The van der Waals surface area contributed by atoms with E-state index in [1.807, 2.05) is 24.3 Å². The van der Waals surface area contributed by atoms with Gasteiger partial charge in [0.15, 0.2) is 0 Å². The van der Waals surface area contributed by atoms with Gasteiger partial charge in [0.2, 0.25) is 0 Å². The summed E-state index contributed by atoms with van der Waals surface area (Å²) in [5.74, 6) is 0.788. The van der Waals surface area contributed by atoms with Gasteiger partial charge in [-0.05, 0) is 48.0 Å². The monoisotopic (exact) mass is 318 g/mol. The molecule has 0 spiro atoms. The molecule has 0 aliphatic carbocycles. The second-order valence-electron chi connectivity index (χ2n) is 4.32. The van der Waals surface area contributed by atoms with Crippen LogP contribution in [0.15, 0.2) is 47.6 Å². The number of hydrazone groups is 1. The van der Waals surface area contributed by atoms with Gasteiger partial charge in [-0.15, -0.1) is 0 Å². The van der Waals surface area contributed by atoms with Crippen molar-refractivity contribution in [2.75, 3.05) is 14.2 Å². The van der Waals surface area contributed by atoms with E-state index in [0.717, 1.165) is 11.3 Å². The molecule has 0 fully saturated rings. The molecule has 0 aromatic heterocycles. The van der Waals surface area contributed by atoms with Crippen LogP contribution in [0, 0.1) is 0 Å². The van der Waals surface area contributed by atoms with Crippen molar-refractivity contribution in [3.05, 3.63) is 58.6 Å². The number of nitrogens with zero attached hydrogens (tertiary/aromatic N) is 1. The number of ether oxygens (including phenoxy) is 2. The van der Waals surface area contributed by atoms with Gasteiger partial charge in [-0.2, -0.15) is 5.10 Å². The second-order valence-corrected chi connectivity index (χ2v) is 4.75. The number of hydrogen-bond acceptors (Lipinski definition) is 4. The zero-order valence-corrected chi connectivity index (χ0v) is 12.9. The van der Waals surface area contributed by atoms with E-state index >= 15 is 0 Å². The van der Waals surface area contributed by atoms with Gasteiger partial charge in [0.25, 0.3) is 5.91 Å². The fraction of sp³-hybridized carbons (Fsp3) is 0.125. The summed E-state index contributed by atoms with van der Waals surface area (Å²) < 4.78 is 10.2. The van der Waals surface area contributed by atoms with Crippen LogP contribution in [0.4, 0.5) is 0 Å². The van der Waals surface area contributed by atoms with Gasteiger partial charge >= 0.3 is 0 Å². The predicted molar refractivity (Wildman–Crippen MR) is 86.1 cm³/mol. The van der Waals surface area contributed by atoms with Crippen LogP contribution in [-0.4, -0.2) is 26.3 Å². The molecular weight excluding hydrogens is 304 g/mol. The lowest BCUT2D eigenvalue weighted by atomic mass is 10.2. The number of carbonyl (C=O) groups is 1. The highest BCUT2D eigenvalue weighted by molar-refractivity contribution is 6.31. The number of amides is 1. The molecule has 1 N–H and O–H groups in total. The van der Waals surface area contributed by atoms with E-state index in [1.54, 1.807) is 19.2 Å². The molecule has 0 radical (unpaired) electrons. The van der Waals surface area contributed by atoms with Gasteiger partial charge in [0, 0.05) is 5.02 Å². The Morgan fingerprint density at radius 3 is 2.50 bits per heavy atom. The van der Waals surface area contributed by atoms with E-state index in [9.17, 15) is 4.79 Å². The summed E-state index contributed by atoms with van der Waals surface area (Å²) in [5.41, 5.74) is 3.59. The summed E-state index contributed by atoms with van der Waals surface area (Å²) in [6.45, 7) is 0. The Labute approximate surface area is 133 Å². The maximum Gasteiger partial charge on any atom is 0.275 e. The van der Waals surface area contributed by atoms with E-state index in [4.69, 9.17) is 21.1 Å². The van der Waals surface area contributed by atoms with Gasteiger partial charge in [-0.25, -0.2) is 5.43 Å². The highest BCUT2D eigenvalue weighted by Gasteiger charge is 2.11. The average molecular weight is 319 g/mol. The van der Waals surface area contributed by atoms with Crippen molar-refractivity contribution in [1.82, 2.24) is 5.43 Å². The molecule has 0 saturated carbocycles. The van der Waals surface area contributed by atoms with Crippen molar-refractivity contribution in [3.8, 4) is 11.5 Å². The molecule has 0 unspecified atom stereocenters. The molecule has 22 heavy (non-hydrogen) atoms. The molecule has 0 heterocycles. The molecule has 2 aromatic carbocycles. The molecule has 0 bridgehead atoms. The first-order chi connectivity index (χ1) is 10.6. The summed E-state index contributed by atoms with van der Waals surface area (Å²) in [4.78, 5) is 12.1. The lowest BCUT2D eigenvalue weighted by Gasteiger charge is -2.07. The van der Waals surface area contributed by atoms with Crippen molar-refractivity contribution in [2.45, 2.75) is 0 Å². The number of rotatable bonds is 5. The number of benzene rings is 2. The summed E-state index contributed by atoms with van der Waals surface area (Å²) in [6.07, 6.45) is 1.54. The highest BCUT2D eigenvalue weighted by Crippen LogP contribution is 2.22. The normalized spacial score (nSPS) is 10.5. The van der Waals surface area contributed by atoms with Gasteiger partial charge in [0.05, 0.1) is 26.0 Å². The van der Waals surface area contributed by atoms with Crippen molar-refractivity contribution in [2.24, 2.45) is 5.10 Å². The van der Waals surface area contributed by atoms with Crippen LogP contribution >= 0.6 is 11.6 Å². The Morgan fingerprint density at radius 1 is 1.14 bits per heavy atom. The van der Waals surface area contributed by atoms with Gasteiger partial charge in [-0.1, -0.05) is 11.6 Å². The summed E-state index contributed by atoms with van der Waals surface area (Å²) >= 11 is 5.89. The SMILES string of the molecule is COc1ccc(/C=N\NC(=O)c2cc(Cl)ccc2OC)cc1. The third-order valence-corrected chi connectivity index (χ3v) is 3.14. The van der Waals surface area contributed by atoms with Gasteiger partial charge in [0.1, 0.15) is 11.5 Å². The molecule has 5 nitrogen and oxygen atoms in total.